The third-order valence-corrected chi connectivity index (χ3v) is 3.54. The first kappa shape index (κ1) is 13.5. The lowest BCUT2D eigenvalue weighted by atomic mass is 10.1. The van der Waals surface area contributed by atoms with E-state index in [1.807, 2.05) is 11.9 Å². The maximum atomic E-state index is 11.9. The molecule has 94 valence electrons. The van der Waals surface area contributed by atoms with E-state index in [9.17, 15) is 4.79 Å². The number of nitrogens with two attached hydrogens (primary N) is 1. The Labute approximate surface area is 99.4 Å². The van der Waals surface area contributed by atoms with Crippen molar-refractivity contribution in [2.24, 2.45) is 11.7 Å². The molecule has 0 radical (unpaired) electrons. The monoisotopic (exact) mass is 226 g/mol. The predicted octanol–water partition coefficient (Wildman–Crippen LogP) is 2.15. The van der Waals surface area contributed by atoms with Crippen molar-refractivity contribution in [2.45, 2.75) is 57.9 Å². The van der Waals surface area contributed by atoms with Crippen LogP contribution >= 0.6 is 0 Å². The van der Waals surface area contributed by atoms with Crippen molar-refractivity contribution in [3.8, 4) is 0 Å². The minimum absolute atomic E-state index is 0.276. The van der Waals surface area contributed by atoms with Gasteiger partial charge in [0.25, 0.3) is 0 Å². The Morgan fingerprint density at radius 3 is 2.56 bits per heavy atom. The first-order chi connectivity index (χ1) is 7.70. The molecular formula is C13H26N2O. The van der Waals surface area contributed by atoms with Crippen LogP contribution in [0.1, 0.15) is 51.9 Å². The van der Waals surface area contributed by atoms with Crippen molar-refractivity contribution < 1.29 is 4.79 Å². The van der Waals surface area contributed by atoms with Crippen LogP contribution in [0, 0.1) is 5.92 Å². The van der Waals surface area contributed by atoms with Gasteiger partial charge in [0, 0.05) is 26.1 Å². The lowest BCUT2D eigenvalue weighted by Gasteiger charge is -2.27. The molecule has 1 saturated carbocycles. The summed E-state index contributed by atoms with van der Waals surface area (Å²) in [6, 6.07) is 0.290. The van der Waals surface area contributed by atoms with E-state index < -0.39 is 0 Å². The Bertz CT molecular complexity index is 214. The molecule has 0 aromatic carbocycles. The Kier molecular flexibility index (Phi) is 5.81. The number of carbonyl (C=O) groups excluding carboxylic acids is 1. The smallest absolute Gasteiger partial charge is 0.222 e. The molecule has 0 aliphatic heterocycles. The van der Waals surface area contributed by atoms with Crippen LogP contribution in [0.5, 0.6) is 0 Å². The highest BCUT2D eigenvalue weighted by Gasteiger charge is 2.34. The molecule has 0 bridgehead atoms. The molecule has 1 unspecified atom stereocenters. The summed E-state index contributed by atoms with van der Waals surface area (Å²) in [5.74, 6) is 0.952. The molecule has 1 rings (SSSR count). The molecule has 1 fully saturated rings. The highest BCUT2D eigenvalue weighted by molar-refractivity contribution is 5.76. The van der Waals surface area contributed by atoms with Gasteiger partial charge in [0.1, 0.15) is 0 Å². The molecule has 0 heterocycles. The molecule has 0 aromatic heterocycles. The van der Waals surface area contributed by atoms with Gasteiger partial charge < -0.3 is 10.6 Å². The first-order valence-electron chi connectivity index (χ1n) is 6.66. The van der Waals surface area contributed by atoms with Crippen molar-refractivity contribution in [2.75, 3.05) is 13.6 Å². The van der Waals surface area contributed by atoms with E-state index in [2.05, 4.69) is 6.92 Å². The van der Waals surface area contributed by atoms with Crippen LogP contribution in [0.2, 0.25) is 0 Å². The summed E-state index contributed by atoms with van der Waals surface area (Å²) in [5, 5.41) is 0. The fraction of sp³-hybridized carbons (Fsp3) is 0.923. The molecule has 0 spiro atoms. The number of hydrogen-bond donors (Lipinski definition) is 1. The Hall–Kier alpha value is -0.570. The molecule has 0 aromatic rings. The van der Waals surface area contributed by atoms with Gasteiger partial charge in [-0.3, -0.25) is 4.79 Å². The molecule has 2 N–H and O–H groups in total. The van der Waals surface area contributed by atoms with Crippen LogP contribution in [0.4, 0.5) is 0 Å². The summed E-state index contributed by atoms with van der Waals surface area (Å²) in [6.45, 7) is 2.80. The molecule has 1 atom stereocenters. The van der Waals surface area contributed by atoms with Crippen molar-refractivity contribution in [3.05, 3.63) is 0 Å². The topological polar surface area (TPSA) is 46.3 Å². The van der Waals surface area contributed by atoms with E-state index in [0.717, 1.165) is 6.42 Å². The van der Waals surface area contributed by atoms with E-state index in [1.54, 1.807) is 0 Å². The van der Waals surface area contributed by atoms with Gasteiger partial charge in [0.15, 0.2) is 0 Å². The van der Waals surface area contributed by atoms with Crippen molar-refractivity contribution in [1.29, 1.82) is 0 Å². The maximum Gasteiger partial charge on any atom is 0.222 e. The Morgan fingerprint density at radius 1 is 1.38 bits per heavy atom. The molecular weight excluding hydrogens is 200 g/mol. The summed E-state index contributed by atoms with van der Waals surface area (Å²) in [5.41, 5.74) is 5.73. The number of carbonyl (C=O) groups is 1. The zero-order valence-corrected chi connectivity index (χ0v) is 10.7. The van der Waals surface area contributed by atoms with E-state index in [4.69, 9.17) is 5.73 Å². The van der Waals surface area contributed by atoms with E-state index in [1.165, 1.54) is 32.1 Å². The van der Waals surface area contributed by atoms with Gasteiger partial charge in [-0.2, -0.15) is 0 Å². The summed E-state index contributed by atoms with van der Waals surface area (Å²) in [4.78, 5) is 13.8. The summed E-state index contributed by atoms with van der Waals surface area (Å²) in [7, 11) is 1.91. The van der Waals surface area contributed by atoms with E-state index in [0.29, 0.717) is 24.9 Å². The molecule has 1 aliphatic rings. The summed E-state index contributed by atoms with van der Waals surface area (Å²) >= 11 is 0. The minimum atomic E-state index is 0.276. The van der Waals surface area contributed by atoms with Crippen molar-refractivity contribution in [3.63, 3.8) is 0 Å². The van der Waals surface area contributed by atoms with Crippen LogP contribution in [0.25, 0.3) is 0 Å². The molecule has 0 saturated heterocycles. The number of nitrogens with zero attached hydrogens (tertiary/aromatic N) is 1. The van der Waals surface area contributed by atoms with Crippen LogP contribution in [0.3, 0.4) is 0 Å². The van der Waals surface area contributed by atoms with Crippen LogP contribution in [-0.4, -0.2) is 30.4 Å². The summed E-state index contributed by atoms with van der Waals surface area (Å²) in [6.07, 6.45) is 7.84. The second-order valence-corrected chi connectivity index (χ2v) is 4.96. The highest BCUT2D eigenvalue weighted by atomic mass is 16.2. The molecule has 3 heteroatoms. The molecule has 3 nitrogen and oxygen atoms in total. The second-order valence-electron chi connectivity index (χ2n) is 4.96. The van der Waals surface area contributed by atoms with Crippen LogP contribution < -0.4 is 5.73 Å². The Morgan fingerprint density at radius 2 is 2.06 bits per heavy atom. The van der Waals surface area contributed by atoms with Crippen molar-refractivity contribution >= 4 is 5.91 Å². The third kappa shape index (κ3) is 4.12. The van der Waals surface area contributed by atoms with Gasteiger partial charge in [0.2, 0.25) is 5.91 Å². The zero-order valence-electron chi connectivity index (χ0n) is 10.7. The van der Waals surface area contributed by atoms with Crippen LogP contribution in [0.15, 0.2) is 0 Å². The van der Waals surface area contributed by atoms with Gasteiger partial charge >= 0.3 is 0 Å². The number of likely N-dealkylation sites (N-methyl/N-ethyl adjacent to an activating group) is 1. The predicted molar refractivity (Wildman–Crippen MR) is 67.1 cm³/mol. The quantitative estimate of drug-likeness (QED) is 0.645. The fourth-order valence-corrected chi connectivity index (χ4v) is 2.21. The maximum absolute atomic E-state index is 11.9. The summed E-state index contributed by atoms with van der Waals surface area (Å²) < 4.78 is 0. The number of unbranched alkanes of at least 4 members (excludes halogenated alkanes) is 3. The minimum Gasteiger partial charge on any atom is -0.341 e. The second kappa shape index (κ2) is 6.89. The third-order valence-electron chi connectivity index (χ3n) is 3.54. The molecule has 16 heavy (non-hydrogen) atoms. The van der Waals surface area contributed by atoms with Crippen molar-refractivity contribution in [1.82, 2.24) is 4.90 Å². The molecule has 1 amide bonds. The van der Waals surface area contributed by atoms with E-state index >= 15 is 0 Å². The Balaban J connectivity index is 2.23. The molecule has 1 aliphatic carbocycles. The zero-order chi connectivity index (χ0) is 12.0. The lowest BCUT2D eigenvalue weighted by Crippen LogP contribution is -2.43. The number of rotatable bonds is 8. The van der Waals surface area contributed by atoms with Gasteiger partial charge in [-0.1, -0.05) is 26.2 Å². The average Bonchev–Trinajstić information content (AvgIpc) is 3.09. The van der Waals surface area contributed by atoms with Crippen LogP contribution in [-0.2, 0) is 4.79 Å². The standard InChI is InChI=1S/C13H26N2O/c1-3-4-5-6-7-13(16)15(2)12(10-14)11-8-9-11/h11-12H,3-10,14H2,1-2H3. The lowest BCUT2D eigenvalue weighted by molar-refractivity contribution is -0.132. The normalized spacial score (nSPS) is 17.2. The highest BCUT2D eigenvalue weighted by Crippen LogP contribution is 2.34. The average molecular weight is 226 g/mol. The number of amides is 1. The van der Waals surface area contributed by atoms with Gasteiger partial charge in [-0.25, -0.2) is 0 Å². The van der Waals surface area contributed by atoms with Gasteiger partial charge in [-0.15, -0.1) is 0 Å². The SMILES string of the molecule is CCCCCCC(=O)N(C)C(CN)C1CC1. The first-order valence-corrected chi connectivity index (χ1v) is 6.66. The van der Waals surface area contributed by atoms with E-state index in [-0.39, 0.29) is 5.91 Å². The largest absolute Gasteiger partial charge is 0.341 e. The van der Waals surface area contributed by atoms with Gasteiger partial charge in [-0.05, 0) is 25.2 Å². The van der Waals surface area contributed by atoms with Gasteiger partial charge in [0.05, 0.1) is 0 Å². The fourth-order valence-electron chi connectivity index (χ4n) is 2.21. The number of hydrogen-bond acceptors (Lipinski definition) is 2.